The van der Waals surface area contributed by atoms with Crippen LogP contribution < -0.4 is 5.73 Å². The van der Waals surface area contributed by atoms with E-state index in [4.69, 9.17) is 34.2 Å². The number of ether oxygens (including phenoxy) is 6. The van der Waals surface area contributed by atoms with Crippen LogP contribution in [0.4, 0.5) is 0 Å². The van der Waals surface area contributed by atoms with Crippen LogP contribution in [-0.2, 0) is 28.4 Å². The van der Waals surface area contributed by atoms with Crippen LogP contribution in [0.3, 0.4) is 0 Å². The molecule has 0 radical (unpaired) electrons. The second-order valence-electron chi connectivity index (χ2n) is 6.63. The molecule has 0 amide bonds. The first-order valence-corrected chi connectivity index (χ1v) is 9.02. The van der Waals surface area contributed by atoms with E-state index in [9.17, 15) is 25.5 Å². The van der Waals surface area contributed by atoms with Crippen LogP contribution in [0.15, 0.2) is 0 Å². The summed E-state index contributed by atoms with van der Waals surface area (Å²) < 4.78 is 32.1. The molecule has 2 rings (SSSR count). The Morgan fingerprint density at radius 1 is 0.821 bits per heavy atom. The highest BCUT2D eigenvalue weighted by Crippen LogP contribution is 2.30. The summed E-state index contributed by atoms with van der Waals surface area (Å²) in [5.41, 5.74) is 5.38. The Bertz CT molecular complexity index is 456. The number of aliphatic hydroxyl groups excluding tert-OH is 5. The second kappa shape index (κ2) is 11.1. The van der Waals surface area contributed by atoms with Gasteiger partial charge in [-0.2, -0.15) is 0 Å². The van der Waals surface area contributed by atoms with Crippen molar-refractivity contribution in [2.75, 3.05) is 40.6 Å². The molecular weight excluding hydrogens is 382 g/mol. The molecule has 2 aliphatic rings. The van der Waals surface area contributed by atoms with Gasteiger partial charge in [0.15, 0.2) is 12.6 Å². The lowest BCUT2D eigenvalue weighted by molar-refractivity contribution is -0.359. The normalized spacial score (nSPS) is 44.6. The summed E-state index contributed by atoms with van der Waals surface area (Å²) in [5, 5.41) is 50.7. The molecule has 10 atom stereocenters. The van der Waals surface area contributed by atoms with E-state index < -0.39 is 68.0 Å². The van der Waals surface area contributed by atoms with E-state index in [1.165, 1.54) is 14.2 Å². The monoisotopic (exact) mass is 413 g/mol. The van der Waals surface area contributed by atoms with E-state index in [1.54, 1.807) is 0 Å². The zero-order chi connectivity index (χ0) is 20.8. The molecule has 10 unspecified atom stereocenters. The van der Waals surface area contributed by atoms with Crippen molar-refractivity contribution in [3.8, 4) is 0 Å². The van der Waals surface area contributed by atoms with Crippen LogP contribution in [0.2, 0.25) is 0 Å². The Morgan fingerprint density at radius 3 is 2.00 bits per heavy atom. The topological polar surface area (TPSA) is 183 Å². The van der Waals surface area contributed by atoms with Crippen molar-refractivity contribution in [1.29, 1.82) is 0 Å². The quantitative estimate of drug-likeness (QED) is 0.201. The zero-order valence-corrected chi connectivity index (χ0v) is 15.9. The fraction of sp³-hybridized carbons (Fsp3) is 1.00. The van der Waals surface area contributed by atoms with Crippen molar-refractivity contribution in [2.45, 2.75) is 61.4 Å². The van der Waals surface area contributed by atoms with Gasteiger partial charge in [0, 0.05) is 20.8 Å². The molecule has 0 aromatic heterocycles. The highest BCUT2D eigenvalue weighted by Gasteiger charge is 2.51. The number of hydrogen-bond donors (Lipinski definition) is 6. The molecule has 2 aliphatic heterocycles. The minimum Gasteiger partial charge on any atom is -0.394 e. The predicted molar refractivity (Wildman–Crippen MR) is 91.0 cm³/mol. The Balaban J connectivity index is 2.11. The van der Waals surface area contributed by atoms with Crippen LogP contribution in [0, 0.1) is 0 Å². The van der Waals surface area contributed by atoms with Gasteiger partial charge in [0.05, 0.1) is 19.8 Å². The number of methoxy groups -OCH3 is 2. The molecule has 2 heterocycles. The SMILES string of the molecule is COC1OC(CO)C(OC2OC(COCCN)C(OC)C(O)C2O)C(O)C1O. The molecule has 2 fully saturated rings. The lowest BCUT2D eigenvalue weighted by Crippen LogP contribution is -2.65. The average Bonchev–Trinajstić information content (AvgIpc) is 2.69. The number of rotatable bonds is 9. The summed E-state index contributed by atoms with van der Waals surface area (Å²) in [6.45, 7) is 0.00886. The fourth-order valence-electron chi connectivity index (χ4n) is 3.30. The van der Waals surface area contributed by atoms with Crippen LogP contribution in [0.5, 0.6) is 0 Å². The first-order chi connectivity index (χ1) is 13.4. The third-order valence-electron chi connectivity index (χ3n) is 4.80. The highest BCUT2D eigenvalue weighted by atomic mass is 16.7. The second-order valence-corrected chi connectivity index (χ2v) is 6.63. The van der Waals surface area contributed by atoms with Crippen LogP contribution >= 0.6 is 0 Å². The molecule has 12 nitrogen and oxygen atoms in total. The molecular formula is C16H31NO11. The van der Waals surface area contributed by atoms with E-state index in [2.05, 4.69) is 0 Å². The van der Waals surface area contributed by atoms with E-state index in [1.807, 2.05) is 0 Å². The van der Waals surface area contributed by atoms with Gasteiger partial charge in [-0.05, 0) is 0 Å². The van der Waals surface area contributed by atoms with Gasteiger partial charge in [0.2, 0.25) is 0 Å². The lowest BCUT2D eigenvalue weighted by Gasteiger charge is -2.46. The lowest BCUT2D eigenvalue weighted by atomic mass is 9.97. The van der Waals surface area contributed by atoms with Gasteiger partial charge in [0.1, 0.15) is 48.8 Å². The summed E-state index contributed by atoms with van der Waals surface area (Å²) in [6.07, 6.45) is -12.5. The summed E-state index contributed by atoms with van der Waals surface area (Å²) >= 11 is 0. The molecule has 28 heavy (non-hydrogen) atoms. The predicted octanol–water partition coefficient (Wildman–Crippen LogP) is -4.11. The first-order valence-electron chi connectivity index (χ1n) is 9.02. The third kappa shape index (κ3) is 5.16. The van der Waals surface area contributed by atoms with E-state index in [-0.39, 0.29) is 19.8 Å². The van der Waals surface area contributed by atoms with Gasteiger partial charge in [-0.1, -0.05) is 0 Å². The maximum absolute atomic E-state index is 10.4. The number of aliphatic hydroxyl groups is 5. The number of nitrogens with two attached hydrogens (primary N) is 1. The molecule has 0 spiro atoms. The van der Waals surface area contributed by atoms with E-state index >= 15 is 0 Å². The van der Waals surface area contributed by atoms with E-state index in [0.717, 1.165) is 0 Å². The maximum atomic E-state index is 10.4. The van der Waals surface area contributed by atoms with Crippen molar-refractivity contribution in [1.82, 2.24) is 0 Å². The van der Waals surface area contributed by atoms with Crippen LogP contribution in [-0.4, -0.2) is 128 Å². The van der Waals surface area contributed by atoms with Gasteiger partial charge in [-0.25, -0.2) is 0 Å². The average molecular weight is 413 g/mol. The van der Waals surface area contributed by atoms with E-state index in [0.29, 0.717) is 0 Å². The maximum Gasteiger partial charge on any atom is 0.187 e. The molecule has 0 bridgehead atoms. The largest absolute Gasteiger partial charge is 0.394 e. The van der Waals surface area contributed by atoms with Gasteiger partial charge in [-0.3, -0.25) is 0 Å². The Labute approximate surface area is 162 Å². The number of hydrogen-bond acceptors (Lipinski definition) is 12. The molecule has 0 aliphatic carbocycles. The Hall–Kier alpha value is -0.480. The van der Waals surface area contributed by atoms with Crippen molar-refractivity contribution >= 4 is 0 Å². The van der Waals surface area contributed by atoms with Crippen molar-refractivity contribution in [3.05, 3.63) is 0 Å². The molecule has 12 heteroatoms. The van der Waals surface area contributed by atoms with Crippen LogP contribution in [0.1, 0.15) is 0 Å². The summed E-state index contributed by atoms with van der Waals surface area (Å²) in [4.78, 5) is 0. The minimum absolute atomic E-state index is 0.0148. The van der Waals surface area contributed by atoms with Crippen molar-refractivity contribution in [3.63, 3.8) is 0 Å². The highest BCUT2D eigenvalue weighted by molar-refractivity contribution is 4.94. The molecule has 166 valence electrons. The zero-order valence-electron chi connectivity index (χ0n) is 15.9. The smallest absolute Gasteiger partial charge is 0.187 e. The van der Waals surface area contributed by atoms with Crippen molar-refractivity contribution in [2.24, 2.45) is 5.73 Å². The summed E-state index contributed by atoms with van der Waals surface area (Å²) in [7, 11) is 2.63. The van der Waals surface area contributed by atoms with Gasteiger partial charge >= 0.3 is 0 Å². The Kier molecular flexibility index (Phi) is 9.40. The molecule has 7 N–H and O–H groups in total. The first kappa shape index (κ1) is 23.8. The standard InChI is InChI=1S/C16H31NO11/c1-23-13-8(6-25-4-3-17)27-16(12(22)9(13)19)28-14-7(5-18)26-15(24-2)11(21)10(14)20/h7-16,18-22H,3-6,17H2,1-2H3. The van der Waals surface area contributed by atoms with Gasteiger partial charge in [0.25, 0.3) is 0 Å². The van der Waals surface area contributed by atoms with Crippen molar-refractivity contribution < 1.29 is 54.0 Å². The molecule has 0 aromatic carbocycles. The minimum atomic E-state index is -1.53. The molecule has 0 aromatic rings. The molecule has 0 saturated carbocycles. The van der Waals surface area contributed by atoms with Crippen LogP contribution in [0.25, 0.3) is 0 Å². The third-order valence-corrected chi connectivity index (χ3v) is 4.80. The summed E-state index contributed by atoms with van der Waals surface area (Å²) in [5.74, 6) is 0. The van der Waals surface area contributed by atoms with Gasteiger partial charge in [-0.15, -0.1) is 0 Å². The fourth-order valence-corrected chi connectivity index (χ4v) is 3.30. The Morgan fingerprint density at radius 2 is 1.43 bits per heavy atom. The van der Waals surface area contributed by atoms with Gasteiger partial charge < -0.3 is 59.7 Å². The molecule has 2 saturated heterocycles. The summed E-state index contributed by atoms with van der Waals surface area (Å²) in [6, 6.07) is 0.